The lowest BCUT2D eigenvalue weighted by molar-refractivity contribution is 0.0345. The fourth-order valence-electron chi connectivity index (χ4n) is 4.16. The van der Waals surface area contributed by atoms with Crippen molar-refractivity contribution in [1.29, 1.82) is 0 Å². The number of aryl methyl sites for hydroxylation is 1. The number of aromatic nitrogens is 4. The Morgan fingerprint density at radius 1 is 1.03 bits per heavy atom. The lowest BCUT2D eigenvalue weighted by Gasteiger charge is -2.35. The predicted molar refractivity (Wildman–Crippen MR) is 126 cm³/mol. The van der Waals surface area contributed by atoms with Gasteiger partial charge < -0.3 is 19.4 Å². The van der Waals surface area contributed by atoms with Crippen molar-refractivity contribution in [2.24, 2.45) is 7.05 Å². The minimum atomic E-state index is -0.505. The molecular weight excluding hydrogens is 418 g/mol. The van der Waals surface area contributed by atoms with Crippen LogP contribution in [-0.4, -0.2) is 43.4 Å². The summed E-state index contributed by atoms with van der Waals surface area (Å²) in [7, 11) is 2.06. The van der Waals surface area contributed by atoms with E-state index >= 15 is 0 Å². The van der Waals surface area contributed by atoms with E-state index in [4.69, 9.17) is 9.47 Å². The lowest BCUT2D eigenvalue weighted by Crippen LogP contribution is -2.50. The molecule has 0 aliphatic heterocycles. The van der Waals surface area contributed by atoms with E-state index in [9.17, 15) is 4.79 Å². The first kappa shape index (κ1) is 21.2. The molecule has 0 radical (unpaired) electrons. The van der Waals surface area contributed by atoms with E-state index in [-0.39, 0.29) is 12.1 Å². The molecule has 4 aromatic rings. The number of amides is 1. The lowest BCUT2D eigenvalue weighted by atomic mass is 9.89. The number of pyridine rings is 1. The van der Waals surface area contributed by atoms with Crippen LogP contribution in [0.15, 0.2) is 49.1 Å². The predicted octanol–water partition coefficient (Wildman–Crippen LogP) is 4.62. The summed E-state index contributed by atoms with van der Waals surface area (Å²) in [6.45, 7) is 5.53. The molecule has 1 N–H and O–H groups in total. The molecule has 1 aliphatic rings. The Morgan fingerprint density at radius 3 is 2.52 bits per heavy atom. The normalized spacial score (nSPS) is 18.2. The molecule has 8 nitrogen and oxygen atoms in total. The van der Waals surface area contributed by atoms with Crippen LogP contribution < -0.4 is 10.1 Å². The highest BCUT2D eigenvalue weighted by Gasteiger charge is 2.33. The van der Waals surface area contributed by atoms with Crippen molar-refractivity contribution in [2.75, 3.05) is 0 Å². The molecule has 1 amide bonds. The number of alkyl carbamates (subject to hydrolysis) is 1. The Hall–Kier alpha value is -3.68. The van der Waals surface area contributed by atoms with Gasteiger partial charge in [-0.25, -0.2) is 14.8 Å². The van der Waals surface area contributed by atoms with E-state index in [1.165, 1.54) is 5.39 Å². The van der Waals surface area contributed by atoms with Crippen molar-refractivity contribution in [1.82, 2.24) is 24.8 Å². The number of benzene rings is 1. The van der Waals surface area contributed by atoms with Gasteiger partial charge in [-0.1, -0.05) is 12.1 Å². The Balaban J connectivity index is 1.23. The van der Waals surface area contributed by atoms with Gasteiger partial charge in [-0.3, -0.25) is 4.98 Å². The van der Waals surface area contributed by atoms with Crippen LogP contribution in [0.1, 0.15) is 33.6 Å². The maximum atomic E-state index is 11.8. The molecule has 3 aromatic heterocycles. The highest BCUT2D eigenvalue weighted by atomic mass is 16.6. The second-order valence-electron chi connectivity index (χ2n) is 9.49. The number of hydrogen-bond acceptors (Lipinski definition) is 6. The topological polar surface area (TPSA) is 91.2 Å². The minimum Gasteiger partial charge on any atom is -0.460 e. The summed E-state index contributed by atoms with van der Waals surface area (Å²) in [6.07, 6.45) is 8.27. The minimum absolute atomic E-state index is 0.0171. The standard InChI is InChI=1S/C25H27N5O3/c1-25(2,3)33-24(31)29-17-10-18(11-17)32-23-27-12-16(13-28-23)15-5-6-19-20-14-26-8-7-21(20)30(4)22(19)9-15/h5-9,12-14,17-18H,10-11H2,1-4H3,(H,29,31). The van der Waals surface area contributed by atoms with Crippen molar-refractivity contribution in [3.63, 3.8) is 0 Å². The molecule has 1 fully saturated rings. The van der Waals surface area contributed by atoms with Gasteiger partial charge in [0.05, 0.1) is 5.52 Å². The van der Waals surface area contributed by atoms with Crippen molar-refractivity contribution in [3.05, 3.63) is 49.1 Å². The molecule has 0 saturated heterocycles. The van der Waals surface area contributed by atoms with Crippen LogP contribution >= 0.6 is 0 Å². The summed E-state index contributed by atoms with van der Waals surface area (Å²) >= 11 is 0. The summed E-state index contributed by atoms with van der Waals surface area (Å²) in [5.41, 5.74) is 3.74. The van der Waals surface area contributed by atoms with Crippen LogP contribution in [0.5, 0.6) is 6.01 Å². The van der Waals surface area contributed by atoms with Gasteiger partial charge in [0.2, 0.25) is 0 Å². The van der Waals surface area contributed by atoms with Gasteiger partial charge in [0.15, 0.2) is 0 Å². The molecule has 170 valence electrons. The van der Waals surface area contributed by atoms with E-state index in [0.29, 0.717) is 18.9 Å². The summed E-state index contributed by atoms with van der Waals surface area (Å²) < 4.78 is 13.3. The van der Waals surface area contributed by atoms with Crippen LogP contribution in [0.25, 0.3) is 32.9 Å². The third kappa shape index (κ3) is 4.33. The Bertz CT molecular complexity index is 1320. The number of carbonyl (C=O) groups excluding carboxylic acids is 1. The summed E-state index contributed by atoms with van der Waals surface area (Å²) in [4.78, 5) is 24.9. The average Bonchev–Trinajstić information content (AvgIpc) is 3.03. The average molecular weight is 446 g/mol. The Morgan fingerprint density at radius 2 is 1.79 bits per heavy atom. The first-order valence-electron chi connectivity index (χ1n) is 11.1. The van der Waals surface area contributed by atoms with Crippen molar-refractivity contribution in [2.45, 2.75) is 51.4 Å². The van der Waals surface area contributed by atoms with E-state index in [1.54, 1.807) is 12.4 Å². The molecule has 8 heteroatoms. The number of nitrogens with zero attached hydrogens (tertiary/aromatic N) is 4. The fraction of sp³-hybridized carbons (Fsp3) is 0.360. The molecule has 33 heavy (non-hydrogen) atoms. The van der Waals surface area contributed by atoms with Gasteiger partial charge in [0.25, 0.3) is 0 Å². The van der Waals surface area contributed by atoms with Crippen molar-refractivity contribution in [3.8, 4) is 17.1 Å². The van der Waals surface area contributed by atoms with E-state index in [0.717, 1.165) is 27.5 Å². The maximum absolute atomic E-state index is 11.8. The zero-order valence-electron chi connectivity index (χ0n) is 19.2. The van der Waals surface area contributed by atoms with E-state index in [1.807, 2.05) is 39.2 Å². The first-order valence-corrected chi connectivity index (χ1v) is 11.1. The van der Waals surface area contributed by atoms with Crippen LogP contribution in [0, 0.1) is 0 Å². The monoisotopic (exact) mass is 445 g/mol. The number of fused-ring (bicyclic) bond motifs is 3. The largest absolute Gasteiger partial charge is 0.460 e. The van der Waals surface area contributed by atoms with Crippen LogP contribution in [-0.2, 0) is 11.8 Å². The summed E-state index contributed by atoms with van der Waals surface area (Å²) in [6, 6.07) is 8.76. The molecule has 0 unspecified atom stereocenters. The third-order valence-electron chi connectivity index (χ3n) is 5.86. The number of ether oxygens (including phenoxy) is 2. The molecule has 3 heterocycles. The molecule has 0 bridgehead atoms. The summed E-state index contributed by atoms with van der Waals surface area (Å²) in [5.74, 6) is 0. The van der Waals surface area contributed by atoms with Gasteiger partial charge >= 0.3 is 12.1 Å². The number of hydrogen-bond donors (Lipinski definition) is 1. The van der Waals surface area contributed by atoms with Gasteiger partial charge in [0, 0.05) is 72.6 Å². The maximum Gasteiger partial charge on any atom is 0.407 e. The smallest absolute Gasteiger partial charge is 0.407 e. The second kappa shape index (κ2) is 8.03. The van der Waals surface area contributed by atoms with Crippen molar-refractivity contribution >= 4 is 27.9 Å². The number of rotatable bonds is 4. The van der Waals surface area contributed by atoms with Crippen LogP contribution in [0.3, 0.4) is 0 Å². The van der Waals surface area contributed by atoms with E-state index in [2.05, 4.69) is 50.1 Å². The van der Waals surface area contributed by atoms with Crippen LogP contribution in [0.4, 0.5) is 4.79 Å². The SMILES string of the molecule is Cn1c2ccncc2c2ccc(-c3cnc(OC4CC(NC(=O)OC(C)(C)C)C4)nc3)cc21. The second-order valence-corrected chi connectivity index (χ2v) is 9.49. The van der Waals surface area contributed by atoms with Gasteiger partial charge in [0.1, 0.15) is 11.7 Å². The van der Waals surface area contributed by atoms with Crippen LogP contribution in [0.2, 0.25) is 0 Å². The number of nitrogens with one attached hydrogen (secondary N) is 1. The van der Waals surface area contributed by atoms with E-state index < -0.39 is 11.7 Å². The molecule has 1 aliphatic carbocycles. The number of carbonyl (C=O) groups is 1. The van der Waals surface area contributed by atoms with Gasteiger partial charge in [-0.05, 0) is 38.5 Å². The zero-order chi connectivity index (χ0) is 23.2. The highest BCUT2D eigenvalue weighted by molar-refractivity contribution is 6.08. The molecule has 5 rings (SSSR count). The fourth-order valence-corrected chi connectivity index (χ4v) is 4.16. The zero-order valence-corrected chi connectivity index (χ0v) is 19.2. The molecule has 1 aromatic carbocycles. The Labute approximate surface area is 192 Å². The molecular formula is C25H27N5O3. The summed E-state index contributed by atoms with van der Waals surface area (Å²) in [5, 5.41) is 5.17. The van der Waals surface area contributed by atoms with Gasteiger partial charge in [-0.2, -0.15) is 0 Å². The first-order chi connectivity index (χ1) is 15.8. The van der Waals surface area contributed by atoms with Gasteiger partial charge in [-0.15, -0.1) is 0 Å². The molecule has 0 atom stereocenters. The molecule has 0 spiro atoms. The quantitative estimate of drug-likeness (QED) is 0.493. The van der Waals surface area contributed by atoms with Crippen molar-refractivity contribution < 1.29 is 14.3 Å². The Kier molecular flexibility index (Phi) is 5.15. The third-order valence-corrected chi connectivity index (χ3v) is 5.86. The highest BCUT2D eigenvalue weighted by Crippen LogP contribution is 2.31. The molecule has 1 saturated carbocycles.